The Morgan fingerprint density at radius 1 is 1.24 bits per heavy atom. The monoisotopic (exact) mass is 314 g/mol. The van der Waals surface area contributed by atoms with Crippen molar-refractivity contribution in [1.29, 1.82) is 0 Å². The summed E-state index contributed by atoms with van der Waals surface area (Å²) in [5.74, 6) is 0.458. The molecule has 2 nitrogen and oxygen atoms in total. The normalized spacial score (nSPS) is 12.8. The average molecular weight is 316 g/mol. The molecule has 2 rings (SSSR count). The predicted octanol–water partition coefficient (Wildman–Crippen LogP) is 4.39. The van der Waals surface area contributed by atoms with Gasteiger partial charge in [0, 0.05) is 4.47 Å². The van der Waals surface area contributed by atoms with Gasteiger partial charge in [-0.05, 0) is 60.3 Å². The Morgan fingerprint density at radius 3 is 2.53 bits per heavy atom. The molecule has 1 unspecified atom stereocenters. The fourth-order valence-corrected chi connectivity index (χ4v) is 2.34. The molecule has 0 bridgehead atoms. The number of aliphatic hydroxyl groups excluding tert-OH is 1. The molecule has 0 aliphatic carbocycles. The number of hydrogen-bond acceptors (Lipinski definition) is 2. The zero-order valence-corrected chi connectivity index (χ0v) is 11.8. The van der Waals surface area contributed by atoms with Gasteiger partial charge in [0.1, 0.15) is 11.9 Å². The molecular weight excluding hydrogens is 303 g/mol. The van der Waals surface area contributed by atoms with Crippen LogP contribution in [0.5, 0.6) is 0 Å². The van der Waals surface area contributed by atoms with Crippen molar-refractivity contribution in [3.8, 4) is 0 Å². The first-order valence-electron chi connectivity index (χ1n) is 5.19. The molecule has 0 fully saturated rings. The Hall–Kier alpha value is -0.770. The number of aryl methyl sites for hydroxylation is 2. The number of benzene rings is 1. The Labute approximate surface area is 113 Å². The van der Waals surface area contributed by atoms with Gasteiger partial charge in [-0.2, -0.15) is 0 Å². The van der Waals surface area contributed by atoms with E-state index in [1.807, 2.05) is 26.0 Å². The smallest absolute Gasteiger partial charge is 0.193 e. The summed E-state index contributed by atoms with van der Waals surface area (Å²) in [6.45, 7) is 3.93. The highest BCUT2D eigenvalue weighted by molar-refractivity contribution is 9.10. The molecule has 0 saturated carbocycles. The molecule has 1 aromatic carbocycles. The lowest BCUT2D eigenvalue weighted by Gasteiger charge is -2.13. The minimum atomic E-state index is -0.783. The predicted molar refractivity (Wildman–Crippen MR) is 71.4 cm³/mol. The maximum Gasteiger partial charge on any atom is 0.193 e. The zero-order valence-electron chi connectivity index (χ0n) is 9.50. The van der Waals surface area contributed by atoms with E-state index in [0.29, 0.717) is 5.76 Å². The summed E-state index contributed by atoms with van der Waals surface area (Å²) in [4.78, 5) is 0. The van der Waals surface area contributed by atoms with E-state index in [4.69, 9.17) is 16.0 Å². The molecule has 1 heterocycles. The second-order valence-corrected chi connectivity index (χ2v) is 5.23. The number of rotatable bonds is 2. The third kappa shape index (κ3) is 2.57. The van der Waals surface area contributed by atoms with Crippen molar-refractivity contribution >= 4 is 27.5 Å². The lowest BCUT2D eigenvalue weighted by atomic mass is 9.99. The van der Waals surface area contributed by atoms with Gasteiger partial charge in [0.15, 0.2) is 5.22 Å². The first-order valence-corrected chi connectivity index (χ1v) is 6.36. The van der Waals surface area contributed by atoms with Crippen molar-refractivity contribution < 1.29 is 9.52 Å². The van der Waals surface area contributed by atoms with E-state index in [2.05, 4.69) is 15.9 Å². The fraction of sp³-hybridized carbons (Fsp3) is 0.231. The molecule has 1 N–H and O–H groups in total. The van der Waals surface area contributed by atoms with Crippen LogP contribution in [0.15, 0.2) is 33.2 Å². The summed E-state index contributed by atoms with van der Waals surface area (Å²) in [6.07, 6.45) is -0.783. The summed E-state index contributed by atoms with van der Waals surface area (Å²) in [7, 11) is 0. The van der Waals surface area contributed by atoms with Crippen LogP contribution < -0.4 is 0 Å². The molecule has 17 heavy (non-hydrogen) atoms. The topological polar surface area (TPSA) is 33.4 Å². The van der Waals surface area contributed by atoms with Crippen LogP contribution in [0.25, 0.3) is 0 Å². The maximum atomic E-state index is 10.2. The van der Waals surface area contributed by atoms with Crippen molar-refractivity contribution in [1.82, 2.24) is 0 Å². The van der Waals surface area contributed by atoms with Gasteiger partial charge in [0.2, 0.25) is 0 Å². The van der Waals surface area contributed by atoms with E-state index in [0.717, 1.165) is 21.2 Å². The van der Waals surface area contributed by atoms with Gasteiger partial charge in [-0.1, -0.05) is 22.0 Å². The van der Waals surface area contributed by atoms with Gasteiger partial charge < -0.3 is 9.52 Å². The highest BCUT2D eigenvalue weighted by atomic mass is 79.9. The van der Waals surface area contributed by atoms with Crippen LogP contribution in [0.4, 0.5) is 0 Å². The Kier molecular flexibility index (Phi) is 3.61. The lowest BCUT2D eigenvalue weighted by molar-refractivity contribution is 0.189. The van der Waals surface area contributed by atoms with Crippen LogP contribution in [-0.4, -0.2) is 5.11 Å². The second-order valence-electron chi connectivity index (χ2n) is 4.00. The Bertz CT molecular complexity index is 548. The largest absolute Gasteiger partial charge is 0.447 e. The molecule has 4 heteroatoms. The van der Waals surface area contributed by atoms with Gasteiger partial charge in [-0.25, -0.2) is 0 Å². The minimum absolute atomic E-state index is 0.283. The van der Waals surface area contributed by atoms with Gasteiger partial charge in [-0.15, -0.1) is 0 Å². The minimum Gasteiger partial charge on any atom is -0.447 e. The van der Waals surface area contributed by atoms with E-state index >= 15 is 0 Å². The number of furan rings is 1. The zero-order chi connectivity index (χ0) is 12.6. The summed E-state index contributed by atoms with van der Waals surface area (Å²) in [6, 6.07) is 7.24. The summed E-state index contributed by atoms with van der Waals surface area (Å²) in [5, 5.41) is 10.5. The van der Waals surface area contributed by atoms with Gasteiger partial charge in [0.05, 0.1) is 0 Å². The first-order chi connectivity index (χ1) is 7.99. The standard InChI is InChI=1S/C13H12BrClO2/c1-7-6-10(14)8(2)5-9(7)13(16)11-3-4-12(15)17-11/h3-6,13,16H,1-2H3. The van der Waals surface area contributed by atoms with Crippen LogP contribution in [0.2, 0.25) is 5.22 Å². The van der Waals surface area contributed by atoms with E-state index in [-0.39, 0.29) is 5.22 Å². The molecule has 0 spiro atoms. The molecule has 0 aliphatic rings. The summed E-state index contributed by atoms with van der Waals surface area (Å²) < 4.78 is 6.26. The SMILES string of the molecule is Cc1cc(C(O)c2ccc(Cl)o2)c(C)cc1Br. The highest BCUT2D eigenvalue weighted by Gasteiger charge is 2.17. The van der Waals surface area contributed by atoms with E-state index in [1.165, 1.54) is 0 Å². The molecule has 1 aromatic heterocycles. The van der Waals surface area contributed by atoms with E-state index in [9.17, 15) is 5.11 Å². The second kappa shape index (κ2) is 4.84. The van der Waals surface area contributed by atoms with Crippen LogP contribution >= 0.6 is 27.5 Å². The molecule has 0 radical (unpaired) electrons. The Morgan fingerprint density at radius 2 is 1.94 bits per heavy atom. The van der Waals surface area contributed by atoms with Crippen LogP contribution in [-0.2, 0) is 0 Å². The third-order valence-electron chi connectivity index (χ3n) is 2.71. The fourth-order valence-electron chi connectivity index (χ4n) is 1.73. The summed E-state index contributed by atoms with van der Waals surface area (Å²) >= 11 is 9.17. The number of halogens is 2. The van der Waals surface area contributed by atoms with E-state index < -0.39 is 6.10 Å². The Balaban J connectivity index is 2.43. The van der Waals surface area contributed by atoms with Crippen molar-refractivity contribution in [2.45, 2.75) is 20.0 Å². The quantitative estimate of drug-likeness (QED) is 0.891. The molecule has 2 aromatic rings. The molecular formula is C13H12BrClO2. The van der Waals surface area contributed by atoms with Gasteiger partial charge in [-0.3, -0.25) is 0 Å². The molecule has 0 aliphatic heterocycles. The average Bonchev–Trinajstić information content (AvgIpc) is 2.69. The molecule has 90 valence electrons. The van der Waals surface area contributed by atoms with Crippen LogP contribution in [0.1, 0.15) is 28.6 Å². The van der Waals surface area contributed by atoms with Crippen molar-refractivity contribution in [3.63, 3.8) is 0 Å². The highest BCUT2D eigenvalue weighted by Crippen LogP contribution is 2.30. The number of hydrogen-bond donors (Lipinski definition) is 1. The van der Waals surface area contributed by atoms with Crippen LogP contribution in [0, 0.1) is 13.8 Å². The van der Waals surface area contributed by atoms with Crippen LogP contribution in [0.3, 0.4) is 0 Å². The first kappa shape index (κ1) is 12.7. The van der Waals surface area contributed by atoms with E-state index in [1.54, 1.807) is 12.1 Å². The van der Waals surface area contributed by atoms with Gasteiger partial charge in [0.25, 0.3) is 0 Å². The van der Waals surface area contributed by atoms with Crippen molar-refractivity contribution in [3.05, 3.63) is 56.4 Å². The third-order valence-corrected chi connectivity index (χ3v) is 3.76. The molecule has 0 amide bonds. The van der Waals surface area contributed by atoms with Crippen molar-refractivity contribution in [2.24, 2.45) is 0 Å². The number of aliphatic hydroxyl groups is 1. The van der Waals surface area contributed by atoms with Crippen molar-refractivity contribution in [2.75, 3.05) is 0 Å². The maximum absolute atomic E-state index is 10.2. The molecule has 0 saturated heterocycles. The molecule has 1 atom stereocenters. The van der Waals surface area contributed by atoms with Gasteiger partial charge >= 0.3 is 0 Å². The summed E-state index contributed by atoms with van der Waals surface area (Å²) in [5.41, 5.74) is 2.90. The lowest BCUT2D eigenvalue weighted by Crippen LogP contribution is -2.01.